The highest BCUT2D eigenvalue weighted by atomic mass is 16.4. The Morgan fingerprint density at radius 2 is 2.15 bits per heavy atom. The minimum absolute atomic E-state index is 0.194. The summed E-state index contributed by atoms with van der Waals surface area (Å²) in [5.74, 6) is -0.622. The van der Waals surface area contributed by atoms with E-state index in [-0.39, 0.29) is 12.2 Å². The zero-order valence-electron chi connectivity index (χ0n) is 11.0. The fraction of sp³-hybridized carbons (Fsp3) is 0.429. The minimum Gasteiger partial charge on any atom is -0.478 e. The second-order valence-electron chi connectivity index (χ2n) is 5.10. The molecule has 1 fully saturated rings. The molecule has 3 rings (SSSR count). The van der Waals surface area contributed by atoms with Crippen molar-refractivity contribution in [2.45, 2.75) is 12.8 Å². The van der Waals surface area contributed by atoms with Gasteiger partial charge in [-0.2, -0.15) is 4.98 Å². The lowest BCUT2D eigenvalue weighted by Crippen LogP contribution is -2.34. The summed E-state index contributed by atoms with van der Waals surface area (Å²) in [6.45, 7) is 1.82. The van der Waals surface area contributed by atoms with Crippen LogP contribution in [0.1, 0.15) is 23.2 Å². The summed E-state index contributed by atoms with van der Waals surface area (Å²) in [7, 11) is 0. The molecular weight excluding hydrogens is 260 g/mol. The summed E-state index contributed by atoms with van der Waals surface area (Å²) in [6, 6.07) is 5.20. The molecule has 6 nitrogen and oxygen atoms in total. The minimum atomic E-state index is -0.978. The van der Waals surface area contributed by atoms with Crippen LogP contribution < -0.4 is 4.90 Å². The number of oxazole rings is 1. The number of aromatic nitrogens is 1. The van der Waals surface area contributed by atoms with Gasteiger partial charge in [-0.05, 0) is 37.0 Å². The maximum atomic E-state index is 10.9. The van der Waals surface area contributed by atoms with Crippen LogP contribution in [0, 0.1) is 5.92 Å². The number of aliphatic hydroxyl groups is 1. The fourth-order valence-electron chi connectivity index (χ4n) is 2.49. The molecule has 1 aliphatic rings. The van der Waals surface area contributed by atoms with Crippen molar-refractivity contribution < 1.29 is 19.4 Å². The average molecular weight is 276 g/mol. The van der Waals surface area contributed by atoms with E-state index < -0.39 is 5.97 Å². The predicted octanol–water partition coefficient (Wildman–Crippen LogP) is 1.73. The summed E-state index contributed by atoms with van der Waals surface area (Å²) < 4.78 is 5.66. The van der Waals surface area contributed by atoms with E-state index in [1.165, 1.54) is 12.1 Å². The number of rotatable bonds is 3. The van der Waals surface area contributed by atoms with Crippen LogP contribution in [0.15, 0.2) is 22.6 Å². The first-order chi connectivity index (χ1) is 9.67. The van der Waals surface area contributed by atoms with E-state index in [2.05, 4.69) is 4.98 Å². The molecule has 0 bridgehead atoms. The molecule has 2 heterocycles. The summed E-state index contributed by atoms with van der Waals surface area (Å²) in [6.07, 6.45) is 1.82. The first-order valence-corrected chi connectivity index (χ1v) is 6.67. The third-order valence-corrected chi connectivity index (χ3v) is 3.77. The first kappa shape index (κ1) is 12.9. The van der Waals surface area contributed by atoms with Gasteiger partial charge in [-0.15, -0.1) is 0 Å². The zero-order chi connectivity index (χ0) is 14.1. The van der Waals surface area contributed by atoms with Gasteiger partial charge < -0.3 is 19.5 Å². The van der Waals surface area contributed by atoms with Gasteiger partial charge in [0, 0.05) is 19.7 Å². The standard InChI is InChI=1S/C14H16N2O4/c17-8-9-3-5-16(6-4-9)14-15-11-2-1-10(13(18)19)7-12(11)20-14/h1-2,7,9,17H,3-6,8H2,(H,18,19). The number of nitrogens with zero attached hydrogens (tertiary/aromatic N) is 2. The lowest BCUT2D eigenvalue weighted by atomic mass is 9.98. The number of fused-ring (bicyclic) bond motifs is 1. The SMILES string of the molecule is O=C(O)c1ccc2nc(N3CCC(CO)CC3)oc2c1. The van der Waals surface area contributed by atoms with Crippen molar-refractivity contribution in [3.63, 3.8) is 0 Å². The normalized spacial score (nSPS) is 16.8. The van der Waals surface area contributed by atoms with Gasteiger partial charge in [0.25, 0.3) is 6.01 Å². The van der Waals surface area contributed by atoms with Crippen molar-refractivity contribution in [1.82, 2.24) is 4.98 Å². The van der Waals surface area contributed by atoms with Crippen molar-refractivity contribution in [3.8, 4) is 0 Å². The van der Waals surface area contributed by atoms with Crippen molar-refractivity contribution in [3.05, 3.63) is 23.8 Å². The molecule has 1 saturated heterocycles. The lowest BCUT2D eigenvalue weighted by Gasteiger charge is -2.29. The number of carboxylic acids is 1. The molecule has 2 aromatic rings. The van der Waals surface area contributed by atoms with Crippen LogP contribution >= 0.6 is 0 Å². The van der Waals surface area contributed by atoms with Crippen LogP contribution in [0.3, 0.4) is 0 Å². The molecule has 1 aliphatic heterocycles. The molecule has 0 saturated carbocycles. The van der Waals surface area contributed by atoms with E-state index in [4.69, 9.17) is 14.6 Å². The number of carbonyl (C=O) groups is 1. The highest BCUT2D eigenvalue weighted by Gasteiger charge is 2.22. The number of hydrogen-bond donors (Lipinski definition) is 2. The van der Waals surface area contributed by atoms with Gasteiger partial charge in [0.05, 0.1) is 5.56 Å². The topological polar surface area (TPSA) is 86.8 Å². The molecule has 6 heteroatoms. The van der Waals surface area contributed by atoms with Crippen LogP contribution in [0.2, 0.25) is 0 Å². The quantitative estimate of drug-likeness (QED) is 0.888. The fourth-order valence-corrected chi connectivity index (χ4v) is 2.49. The van der Waals surface area contributed by atoms with E-state index in [1.807, 2.05) is 4.90 Å². The van der Waals surface area contributed by atoms with Crippen molar-refractivity contribution in [2.75, 3.05) is 24.6 Å². The van der Waals surface area contributed by atoms with E-state index >= 15 is 0 Å². The molecular formula is C14H16N2O4. The Morgan fingerprint density at radius 3 is 2.80 bits per heavy atom. The summed E-state index contributed by atoms with van der Waals surface area (Å²) in [4.78, 5) is 17.4. The van der Waals surface area contributed by atoms with E-state index in [9.17, 15) is 4.79 Å². The number of anilines is 1. The Labute approximate surface area is 115 Å². The summed E-state index contributed by atoms with van der Waals surface area (Å²) in [5.41, 5.74) is 1.35. The van der Waals surface area contributed by atoms with Gasteiger partial charge in [0.15, 0.2) is 5.58 Å². The van der Waals surface area contributed by atoms with Gasteiger partial charge in [-0.25, -0.2) is 4.79 Å². The Balaban J connectivity index is 1.84. The van der Waals surface area contributed by atoms with Gasteiger partial charge >= 0.3 is 5.97 Å². The van der Waals surface area contributed by atoms with Crippen molar-refractivity contribution >= 4 is 23.1 Å². The average Bonchev–Trinajstić information content (AvgIpc) is 2.90. The van der Waals surface area contributed by atoms with E-state index in [1.54, 1.807) is 6.07 Å². The number of carboxylic acid groups (broad SMARTS) is 1. The van der Waals surface area contributed by atoms with Crippen molar-refractivity contribution in [2.24, 2.45) is 5.92 Å². The Hall–Kier alpha value is -2.08. The molecule has 0 aliphatic carbocycles. The van der Waals surface area contributed by atoms with Gasteiger partial charge in [0.1, 0.15) is 5.52 Å². The smallest absolute Gasteiger partial charge is 0.335 e. The van der Waals surface area contributed by atoms with E-state index in [0.717, 1.165) is 25.9 Å². The van der Waals surface area contributed by atoms with Crippen LogP contribution in [0.4, 0.5) is 6.01 Å². The number of hydrogen-bond acceptors (Lipinski definition) is 5. The number of aromatic carboxylic acids is 1. The zero-order valence-corrected chi connectivity index (χ0v) is 11.0. The van der Waals surface area contributed by atoms with Crippen molar-refractivity contribution in [1.29, 1.82) is 0 Å². The second kappa shape index (κ2) is 5.13. The molecule has 2 N–H and O–H groups in total. The maximum Gasteiger partial charge on any atom is 0.335 e. The van der Waals surface area contributed by atoms with Crippen LogP contribution in [-0.4, -0.2) is 40.9 Å². The highest BCUT2D eigenvalue weighted by Crippen LogP contribution is 2.26. The van der Waals surface area contributed by atoms with E-state index in [0.29, 0.717) is 23.0 Å². The Bertz CT molecular complexity index is 629. The van der Waals surface area contributed by atoms with Gasteiger partial charge in [-0.1, -0.05) is 0 Å². The molecule has 0 unspecified atom stereocenters. The Morgan fingerprint density at radius 1 is 1.40 bits per heavy atom. The Kier molecular flexibility index (Phi) is 3.31. The maximum absolute atomic E-state index is 10.9. The molecule has 1 aromatic heterocycles. The molecule has 1 aromatic carbocycles. The largest absolute Gasteiger partial charge is 0.478 e. The molecule has 106 valence electrons. The molecule has 0 radical (unpaired) electrons. The molecule has 0 spiro atoms. The second-order valence-corrected chi connectivity index (χ2v) is 5.10. The van der Waals surface area contributed by atoms with Crippen LogP contribution in [0.25, 0.3) is 11.1 Å². The third kappa shape index (κ3) is 2.34. The van der Waals surface area contributed by atoms with Crippen LogP contribution in [0.5, 0.6) is 0 Å². The highest BCUT2D eigenvalue weighted by molar-refractivity contribution is 5.92. The summed E-state index contributed by atoms with van der Waals surface area (Å²) >= 11 is 0. The number of benzene rings is 1. The molecule has 0 amide bonds. The monoisotopic (exact) mass is 276 g/mol. The first-order valence-electron chi connectivity index (χ1n) is 6.67. The molecule has 20 heavy (non-hydrogen) atoms. The number of piperidine rings is 1. The van der Waals surface area contributed by atoms with Gasteiger partial charge in [0.2, 0.25) is 0 Å². The van der Waals surface area contributed by atoms with Gasteiger partial charge in [-0.3, -0.25) is 0 Å². The lowest BCUT2D eigenvalue weighted by molar-refractivity contribution is 0.0697. The predicted molar refractivity (Wildman–Crippen MR) is 73.0 cm³/mol. The number of aliphatic hydroxyl groups excluding tert-OH is 1. The van der Waals surface area contributed by atoms with Crippen LogP contribution in [-0.2, 0) is 0 Å². The summed E-state index contributed by atoms with van der Waals surface area (Å²) in [5, 5.41) is 18.1. The molecule has 0 atom stereocenters. The third-order valence-electron chi connectivity index (χ3n) is 3.77.